The number of carbonyl (C=O) groups is 1. The number of morpholine rings is 1. The number of benzene rings is 2. The molecule has 0 saturated carbocycles. The van der Waals surface area contributed by atoms with Crippen LogP contribution in [-0.4, -0.2) is 62.7 Å². The van der Waals surface area contributed by atoms with Gasteiger partial charge in [0.05, 0.1) is 34.9 Å². The van der Waals surface area contributed by atoms with E-state index in [2.05, 4.69) is 4.99 Å². The second-order valence-corrected chi connectivity index (χ2v) is 10.1. The average molecular weight is 476 g/mol. The number of thiazole rings is 1. The lowest BCUT2D eigenvalue weighted by molar-refractivity contribution is 0.0730. The molecule has 1 aliphatic rings. The normalized spacial score (nSPS) is 16.0. The predicted octanol–water partition coefficient (Wildman–Crippen LogP) is 2.50. The summed E-state index contributed by atoms with van der Waals surface area (Å²) in [5, 5.41) is 0. The van der Waals surface area contributed by atoms with E-state index in [4.69, 9.17) is 9.47 Å². The van der Waals surface area contributed by atoms with Gasteiger partial charge in [0.15, 0.2) is 4.80 Å². The van der Waals surface area contributed by atoms with E-state index in [1.54, 1.807) is 0 Å². The molecule has 1 amide bonds. The Morgan fingerprint density at radius 3 is 2.56 bits per heavy atom. The largest absolute Gasteiger partial charge is 0.380 e. The number of rotatable bonds is 7. The lowest BCUT2D eigenvalue weighted by Gasteiger charge is -2.26. The highest BCUT2D eigenvalue weighted by atomic mass is 32.2. The smallest absolute Gasteiger partial charge is 0.279 e. The molecular formula is C22H25N3O5S2. The summed E-state index contributed by atoms with van der Waals surface area (Å²) >= 11 is 1.44. The lowest BCUT2D eigenvalue weighted by Crippen LogP contribution is -2.40. The maximum atomic E-state index is 12.9. The van der Waals surface area contributed by atoms with E-state index >= 15 is 0 Å². The van der Waals surface area contributed by atoms with Crippen molar-refractivity contribution in [3.63, 3.8) is 0 Å². The Kier molecular flexibility index (Phi) is 7.17. The van der Waals surface area contributed by atoms with Crippen molar-refractivity contribution in [1.82, 2.24) is 8.87 Å². The number of sulfonamides is 1. The maximum absolute atomic E-state index is 12.9. The fourth-order valence-corrected chi connectivity index (χ4v) is 5.94. The van der Waals surface area contributed by atoms with Crippen LogP contribution in [0.3, 0.4) is 0 Å². The van der Waals surface area contributed by atoms with Crippen LogP contribution in [0.25, 0.3) is 10.2 Å². The molecule has 1 aliphatic heterocycles. The van der Waals surface area contributed by atoms with Gasteiger partial charge in [0.1, 0.15) is 0 Å². The van der Waals surface area contributed by atoms with Crippen molar-refractivity contribution < 1.29 is 22.7 Å². The predicted molar refractivity (Wildman–Crippen MR) is 122 cm³/mol. The summed E-state index contributed by atoms with van der Waals surface area (Å²) in [5.41, 5.74) is 1.33. The van der Waals surface area contributed by atoms with Crippen molar-refractivity contribution in [3.05, 3.63) is 58.9 Å². The number of fused-ring (bicyclic) bond motifs is 1. The molecule has 0 N–H and O–H groups in total. The number of hydrogen-bond donors (Lipinski definition) is 0. The van der Waals surface area contributed by atoms with Crippen LogP contribution in [0.15, 0.2) is 58.4 Å². The molecule has 1 fully saturated rings. The van der Waals surface area contributed by atoms with E-state index in [0.717, 1.165) is 10.2 Å². The van der Waals surface area contributed by atoms with Gasteiger partial charge in [-0.05, 0) is 43.3 Å². The van der Waals surface area contributed by atoms with Crippen molar-refractivity contribution in [2.45, 2.75) is 18.4 Å². The Labute approximate surface area is 190 Å². The van der Waals surface area contributed by atoms with Gasteiger partial charge in [0.2, 0.25) is 10.0 Å². The van der Waals surface area contributed by atoms with Crippen LogP contribution in [0.2, 0.25) is 0 Å². The van der Waals surface area contributed by atoms with Gasteiger partial charge >= 0.3 is 0 Å². The second-order valence-electron chi connectivity index (χ2n) is 7.16. The first-order valence-electron chi connectivity index (χ1n) is 10.4. The quantitative estimate of drug-likeness (QED) is 0.490. The molecular weight excluding hydrogens is 450 g/mol. The molecule has 1 saturated heterocycles. The third kappa shape index (κ3) is 4.84. The number of aromatic nitrogens is 1. The lowest BCUT2D eigenvalue weighted by atomic mass is 10.2. The Balaban J connectivity index is 1.61. The molecule has 0 aliphatic carbocycles. The SMILES string of the molecule is CCOCCn1c(=NC(=O)c2ccc(S(=O)(=O)N3CCOCC3)cc2)sc2ccccc21. The summed E-state index contributed by atoms with van der Waals surface area (Å²) in [6, 6.07) is 13.8. The van der Waals surface area contributed by atoms with Crippen LogP contribution < -0.4 is 4.80 Å². The average Bonchev–Trinajstić information content (AvgIpc) is 3.17. The minimum Gasteiger partial charge on any atom is -0.380 e. The van der Waals surface area contributed by atoms with Gasteiger partial charge in [-0.1, -0.05) is 23.5 Å². The van der Waals surface area contributed by atoms with E-state index in [1.807, 2.05) is 35.8 Å². The van der Waals surface area contributed by atoms with Gasteiger partial charge in [-0.15, -0.1) is 0 Å². The summed E-state index contributed by atoms with van der Waals surface area (Å²) < 4.78 is 40.7. The van der Waals surface area contributed by atoms with Crippen LogP contribution in [0.1, 0.15) is 17.3 Å². The summed E-state index contributed by atoms with van der Waals surface area (Å²) in [6.07, 6.45) is 0. The fraction of sp³-hybridized carbons (Fsp3) is 0.364. The number of ether oxygens (including phenoxy) is 2. The highest BCUT2D eigenvalue weighted by Crippen LogP contribution is 2.19. The zero-order valence-electron chi connectivity index (χ0n) is 17.8. The molecule has 8 nitrogen and oxygen atoms in total. The van der Waals surface area contributed by atoms with Crippen LogP contribution in [0, 0.1) is 0 Å². The van der Waals surface area contributed by atoms with Gasteiger partial charge in [-0.25, -0.2) is 8.42 Å². The molecule has 10 heteroatoms. The standard InChI is InChI=1S/C22H25N3O5S2/c1-2-29-16-13-25-19-5-3-4-6-20(19)31-22(25)23-21(26)17-7-9-18(10-8-17)32(27,28)24-11-14-30-15-12-24/h3-10H,2,11-16H2,1H3. The van der Waals surface area contributed by atoms with E-state index in [1.165, 1.54) is 39.9 Å². The monoisotopic (exact) mass is 475 g/mol. The van der Waals surface area contributed by atoms with Gasteiger partial charge < -0.3 is 14.0 Å². The minimum atomic E-state index is -3.60. The molecule has 4 rings (SSSR count). The molecule has 1 aromatic heterocycles. The molecule has 170 valence electrons. The van der Waals surface area contributed by atoms with Crippen molar-refractivity contribution in [2.75, 3.05) is 39.5 Å². The van der Waals surface area contributed by atoms with Crippen molar-refractivity contribution >= 4 is 37.5 Å². The second kappa shape index (κ2) is 10.1. The molecule has 0 bridgehead atoms. The molecule has 0 unspecified atom stereocenters. The zero-order valence-corrected chi connectivity index (χ0v) is 19.4. The number of amides is 1. The fourth-order valence-electron chi connectivity index (χ4n) is 3.48. The molecule has 0 spiro atoms. The van der Waals surface area contributed by atoms with Gasteiger partial charge in [-0.2, -0.15) is 9.30 Å². The molecule has 32 heavy (non-hydrogen) atoms. The molecule has 0 radical (unpaired) electrons. The van der Waals surface area contributed by atoms with Crippen molar-refractivity contribution in [2.24, 2.45) is 4.99 Å². The summed E-state index contributed by atoms with van der Waals surface area (Å²) in [7, 11) is -3.60. The van der Waals surface area contributed by atoms with Crippen molar-refractivity contribution in [1.29, 1.82) is 0 Å². The van der Waals surface area contributed by atoms with Gasteiger partial charge in [-0.3, -0.25) is 4.79 Å². The first-order valence-corrected chi connectivity index (χ1v) is 12.7. The molecule has 2 aromatic carbocycles. The number of carbonyl (C=O) groups excluding carboxylic acids is 1. The van der Waals surface area contributed by atoms with E-state index in [9.17, 15) is 13.2 Å². The first kappa shape index (κ1) is 22.8. The Morgan fingerprint density at radius 2 is 1.84 bits per heavy atom. The first-order chi connectivity index (χ1) is 15.5. The van der Waals surface area contributed by atoms with Gasteiger partial charge in [0, 0.05) is 31.8 Å². The zero-order chi connectivity index (χ0) is 22.6. The summed E-state index contributed by atoms with van der Waals surface area (Å²) in [5.74, 6) is -0.419. The highest BCUT2D eigenvalue weighted by Gasteiger charge is 2.26. The van der Waals surface area contributed by atoms with E-state index in [-0.39, 0.29) is 4.90 Å². The Hall–Kier alpha value is -2.37. The third-order valence-electron chi connectivity index (χ3n) is 5.16. The molecule has 3 aromatic rings. The van der Waals surface area contributed by atoms with Crippen LogP contribution >= 0.6 is 11.3 Å². The molecule has 0 atom stereocenters. The number of hydrogen-bond acceptors (Lipinski definition) is 6. The van der Waals surface area contributed by atoms with Crippen LogP contribution in [0.5, 0.6) is 0 Å². The van der Waals surface area contributed by atoms with Crippen LogP contribution in [-0.2, 0) is 26.0 Å². The van der Waals surface area contributed by atoms with Crippen molar-refractivity contribution in [3.8, 4) is 0 Å². The minimum absolute atomic E-state index is 0.157. The van der Waals surface area contributed by atoms with E-state index < -0.39 is 15.9 Å². The van der Waals surface area contributed by atoms with Gasteiger partial charge in [0.25, 0.3) is 5.91 Å². The molecule has 2 heterocycles. The third-order valence-corrected chi connectivity index (χ3v) is 8.13. The summed E-state index contributed by atoms with van der Waals surface area (Å²) in [6.45, 7) is 5.08. The Bertz CT molecular complexity index is 1260. The Morgan fingerprint density at radius 1 is 1.12 bits per heavy atom. The highest BCUT2D eigenvalue weighted by molar-refractivity contribution is 7.89. The topological polar surface area (TPSA) is 90.2 Å². The van der Waals surface area contributed by atoms with E-state index in [0.29, 0.717) is 56.4 Å². The maximum Gasteiger partial charge on any atom is 0.279 e. The van der Waals surface area contributed by atoms with Crippen LogP contribution in [0.4, 0.5) is 0 Å². The summed E-state index contributed by atoms with van der Waals surface area (Å²) in [4.78, 5) is 17.9. The number of para-hydroxylation sites is 1. The number of nitrogens with zero attached hydrogens (tertiary/aromatic N) is 3.